The Labute approximate surface area is 784 Å². The Morgan fingerprint density at radius 3 is 1.35 bits per heavy atom. The molecule has 3 radical (unpaired) electrons. The van der Waals surface area contributed by atoms with Gasteiger partial charge in [0.1, 0.15) is 70.8 Å². The van der Waals surface area contributed by atoms with Crippen LogP contribution in [-0.2, 0) is 52.6 Å². The number of aliphatic imine (C=N–C) groups is 2. The van der Waals surface area contributed by atoms with Gasteiger partial charge in [0.25, 0.3) is 11.1 Å². The number of aliphatic hydroxyl groups is 7. The van der Waals surface area contributed by atoms with E-state index in [2.05, 4.69) is 60.5 Å². The minimum atomic E-state index is -1.34. The average molecular weight is 1800 g/mol. The van der Waals surface area contributed by atoms with Crippen molar-refractivity contribution in [2.24, 2.45) is 33.7 Å². The normalized spacial score (nSPS) is 19.0. The summed E-state index contributed by atoms with van der Waals surface area (Å²) in [6.45, 7) is 18.4. The van der Waals surface area contributed by atoms with E-state index in [-0.39, 0.29) is 225 Å². The number of amides is 2. The first-order chi connectivity index (χ1) is 59.1. The standard InChI is InChI=1S/C21H19ClO2.C17H25N3O5.C17H21N3O5.C15H21N5O5.C14H19N5O6.B.2Na.2H/c1-23-19-12-8-17(9-13-19)21(22,16-6-4-3-5-7-16)18-10-14-20(24-2)15-11-18;2*1-4-12(7-21)25-15(8-22)20-9-18-16-14(24)6-11(19-17(16)20)5-13(23)10(2)3;1-4-7-9(21)10(22)14(25-7)20-5-16-8-11(20)17-15(19-13(8)24)18-12(23)6(2)3;1-5(2)11(23)17-14-16-10-7(12(24)18-14)15-4-19(10)13-9(22)8(21)6(3-20)25-13;;;;;/h3-15H,1-2H3;9-10,12,15,21-22H,4-8H2,1-3H3;7-10,12,15H,4-6H2,1-3H3;5-7,9-10,14,21-22H,4H2,1-3H3,(H2,17,18,19,23,24);4-6,8-9,13,20-22H,3H2,1-2H3,(H2,16,17,18,23,24);;;;;/q;;;;;;2*+1;2*-1/t;2*12-,15-;7-,9-,10-,14?;6-,8-,9-,13?;;;;;/m.1111...../s1. The van der Waals surface area contributed by atoms with Gasteiger partial charge >= 0.3 is 59.1 Å². The van der Waals surface area contributed by atoms with Crippen LogP contribution in [0.15, 0.2) is 124 Å². The number of anilines is 2. The van der Waals surface area contributed by atoms with Gasteiger partial charge in [0.05, 0.1) is 84.4 Å². The second-order valence-electron chi connectivity index (χ2n) is 30.5. The predicted molar refractivity (Wildman–Crippen MR) is 459 cm³/mol. The van der Waals surface area contributed by atoms with Gasteiger partial charge in [-0.1, -0.05) is 131 Å². The number of aldehydes is 2. The van der Waals surface area contributed by atoms with E-state index < -0.39 is 96.3 Å². The van der Waals surface area contributed by atoms with Gasteiger partial charge in [-0.25, -0.2) is 29.9 Å². The Morgan fingerprint density at radius 2 is 0.992 bits per heavy atom. The third kappa shape index (κ3) is 25.6. The summed E-state index contributed by atoms with van der Waals surface area (Å²) in [5, 5.41) is 73.4. The maximum Gasteiger partial charge on any atom is 1.00 e. The number of H-pyrrole nitrogens is 2. The molecule has 0 spiro atoms. The van der Waals surface area contributed by atoms with Crippen molar-refractivity contribution in [3.63, 3.8) is 0 Å². The molecular formula is C84H107BClN16Na2O23. The molecule has 0 bridgehead atoms. The Bertz CT molecular complexity index is 5240. The molecule has 2 amide bonds. The quantitative estimate of drug-likeness (QED) is 0.0122. The molecule has 12 atom stereocenters. The van der Waals surface area contributed by atoms with Crippen molar-refractivity contribution in [1.29, 1.82) is 0 Å². The molecule has 39 nitrogen and oxygen atoms in total. The number of halogens is 1. The van der Waals surface area contributed by atoms with E-state index in [1.807, 2.05) is 92.7 Å². The number of carbonyl (C=O) groups excluding carboxylic acids is 8. The molecule has 9 aromatic rings. The van der Waals surface area contributed by atoms with Crippen molar-refractivity contribution in [3.8, 4) is 11.5 Å². The van der Waals surface area contributed by atoms with Crippen LogP contribution in [0.4, 0.5) is 23.5 Å². The molecule has 2 unspecified atom stereocenters. The van der Waals surface area contributed by atoms with Crippen LogP contribution < -0.4 is 90.3 Å². The van der Waals surface area contributed by atoms with Crippen LogP contribution in [0.1, 0.15) is 187 Å². The van der Waals surface area contributed by atoms with Crippen LogP contribution in [0, 0.1) is 23.7 Å². The maximum absolute atomic E-state index is 12.3. The van der Waals surface area contributed by atoms with E-state index in [4.69, 9.17) is 40.0 Å². The number of Topliss-reactive ketones (excluding diaryl/α,β-unsaturated/α-hetero) is 4. The number of rotatable bonds is 31. The average Bonchev–Trinajstić information content (AvgIpc) is 1.76. The minimum absolute atomic E-state index is 0. The molecule has 6 aromatic heterocycles. The van der Waals surface area contributed by atoms with Crippen molar-refractivity contribution < 1.29 is 164 Å². The summed E-state index contributed by atoms with van der Waals surface area (Å²) in [4.78, 5) is 156. The van der Waals surface area contributed by atoms with E-state index in [0.29, 0.717) is 43.3 Å². The number of aromatic nitrogens is 12. The smallest absolute Gasteiger partial charge is 1.00 e. The number of methoxy groups -OCH3 is 2. The van der Waals surface area contributed by atoms with E-state index in [1.54, 1.807) is 76.5 Å². The van der Waals surface area contributed by atoms with Crippen LogP contribution in [0.5, 0.6) is 11.5 Å². The largest absolute Gasteiger partial charge is 1.00 e. The molecule has 13 rings (SSSR count). The molecule has 0 aliphatic carbocycles. The summed E-state index contributed by atoms with van der Waals surface area (Å²) in [7, 11) is 3.31. The number of benzene rings is 3. The first-order valence-electron chi connectivity index (χ1n) is 40.2. The topological polar surface area (TPSA) is 545 Å². The number of ketones is 4. The summed E-state index contributed by atoms with van der Waals surface area (Å²) in [6.07, 6.45) is -3.36. The number of ether oxygens (including phenoxy) is 6. The van der Waals surface area contributed by atoms with Gasteiger partial charge in [-0.3, -0.25) is 82.0 Å². The molecule has 3 aromatic carbocycles. The van der Waals surface area contributed by atoms with E-state index in [9.17, 15) is 83.7 Å². The monoisotopic (exact) mass is 1800 g/mol. The third-order valence-electron chi connectivity index (χ3n) is 20.4. The summed E-state index contributed by atoms with van der Waals surface area (Å²) in [5.74, 6) is 0.00767. The van der Waals surface area contributed by atoms with Gasteiger partial charge in [-0.15, -0.1) is 11.6 Å². The number of hydrogen-bond acceptors (Lipinski definition) is 31. The Hall–Kier alpha value is -9.41. The van der Waals surface area contributed by atoms with Gasteiger partial charge in [-0.2, -0.15) is 9.97 Å². The number of nitrogens with one attached hydrogen (secondary N) is 4. The molecule has 2 fully saturated rings. The first-order valence-corrected chi connectivity index (χ1v) is 40.6. The SMILES string of the molecule is CC(C)C(=O)Nc1nc2c(ncn2C2O[C@H](CO)[C@@H](O)[C@H]2O)c(=O)[nH]1.CC[C@H](C=O)O[C@H](C=O)n1cnc2c1N=C(CC(=O)C(C)C)CC2=O.CC[C@H](CO)O[C@H](CO)n1cnc2c1N=C(CC(=O)C(C)C)CC2=O.CC[C@H]1OC(n2cnc3c(=O)[nH]c(NC(=O)C(C)C)nc32)[C@H](O)[C@@H]1O.COc1ccc(C(Cl)(c2ccccc2)c2ccc(OC)cc2)cc1.[B].[H-].[H-].[Na+].[Na+]. The van der Waals surface area contributed by atoms with Crippen LogP contribution in [0.3, 0.4) is 0 Å². The molecule has 127 heavy (non-hydrogen) atoms. The molecule has 2 saturated heterocycles. The van der Waals surface area contributed by atoms with Gasteiger partial charge in [0.2, 0.25) is 23.7 Å². The third-order valence-corrected chi connectivity index (χ3v) is 21.1. The fourth-order valence-electron chi connectivity index (χ4n) is 13.0. The fourth-order valence-corrected chi connectivity index (χ4v) is 13.4. The molecule has 4 aliphatic rings. The second-order valence-corrected chi connectivity index (χ2v) is 31.0. The van der Waals surface area contributed by atoms with Crippen molar-refractivity contribution in [3.05, 3.63) is 153 Å². The number of imidazole rings is 4. The molecule has 673 valence electrons. The van der Waals surface area contributed by atoms with Gasteiger partial charge < -0.3 is 71.8 Å². The van der Waals surface area contributed by atoms with Crippen molar-refractivity contribution in [2.75, 3.05) is 44.7 Å². The van der Waals surface area contributed by atoms with Crippen LogP contribution >= 0.6 is 11.6 Å². The van der Waals surface area contributed by atoms with E-state index in [0.717, 1.165) is 28.2 Å². The summed E-state index contributed by atoms with van der Waals surface area (Å²) < 4.78 is 38.2. The minimum Gasteiger partial charge on any atom is -1.00 e. The number of aromatic amines is 2. The first kappa shape index (κ1) is 106. The molecule has 0 saturated carbocycles. The van der Waals surface area contributed by atoms with E-state index in [1.165, 1.54) is 43.6 Å². The number of hydrogen-bond donors (Lipinski definition) is 11. The number of alkyl halides is 1. The van der Waals surface area contributed by atoms with Crippen molar-refractivity contribution in [2.45, 2.75) is 200 Å². The molecule has 10 heterocycles. The number of aliphatic hydroxyl groups excluding tert-OH is 7. The number of fused-ring (bicyclic) bond motifs is 4. The predicted octanol–water partition coefficient (Wildman–Crippen LogP) is 0.440. The molecule has 4 aliphatic heterocycles. The number of carbonyl (C=O) groups is 8. The fraction of sp³-hybridized carbons (Fsp3) is 0.476. The Morgan fingerprint density at radius 1 is 0.567 bits per heavy atom. The zero-order valence-corrected chi connectivity index (χ0v) is 78.0. The molecule has 43 heteroatoms. The zero-order valence-electron chi connectivity index (χ0n) is 75.3. The summed E-state index contributed by atoms with van der Waals surface area (Å²) >= 11 is 7.22. The maximum atomic E-state index is 12.3. The van der Waals surface area contributed by atoms with Crippen LogP contribution in [-0.4, -0.2) is 244 Å². The number of nitrogens with zero attached hydrogens (tertiary/aromatic N) is 12. The summed E-state index contributed by atoms with van der Waals surface area (Å²) in [6, 6.07) is 25.8. The van der Waals surface area contributed by atoms with E-state index >= 15 is 0 Å². The van der Waals surface area contributed by atoms with Gasteiger partial charge in [0.15, 0.2) is 88.1 Å². The van der Waals surface area contributed by atoms with Crippen molar-refractivity contribution >= 4 is 125 Å². The van der Waals surface area contributed by atoms with Crippen LogP contribution in [0.2, 0.25) is 0 Å². The van der Waals surface area contributed by atoms with Gasteiger partial charge in [0, 0.05) is 56.3 Å². The van der Waals surface area contributed by atoms with Crippen molar-refractivity contribution in [1.82, 2.24) is 58.1 Å². The van der Waals surface area contributed by atoms with Gasteiger partial charge in [-0.05, 0) is 60.2 Å². The molecular weight excluding hydrogens is 1690 g/mol. The Kier molecular flexibility index (Phi) is 40.9. The van der Waals surface area contributed by atoms with Crippen LogP contribution in [0.25, 0.3) is 22.3 Å². The summed E-state index contributed by atoms with van der Waals surface area (Å²) in [5.41, 5.74) is 3.41. The Balaban J connectivity index is 0.000000334. The second kappa shape index (κ2) is 48.8. The molecule has 11 N–H and O–H groups in total. The zero-order chi connectivity index (χ0) is 90.7.